The highest BCUT2D eigenvalue weighted by Crippen LogP contribution is 2.27. The van der Waals surface area contributed by atoms with Crippen LogP contribution in [0.3, 0.4) is 0 Å². The van der Waals surface area contributed by atoms with E-state index in [1.54, 1.807) is 31.2 Å². The fraction of sp³-hybridized carbons (Fsp3) is 0.300. The van der Waals surface area contributed by atoms with Crippen LogP contribution in [0.4, 0.5) is 4.39 Å². The van der Waals surface area contributed by atoms with Gasteiger partial charge < -0.3 is 15.0 Å². The van der Waals surface area contributed by atoms with Crippen molar-refractivity contribution in [1.82, 2.24) is 10.2 Å². The molecule has 1 N–H and O–H groups in total. The van der Waals surface area contributed by atoms with Crippen LogP contribution in [0.5, 0.6) is 5.75 Å². The van der Waals surface area contributed by atoms with Gasteiger partial charge in [0.1, 0.15) is 6.04 Å². The van der Waals surface area contributed by atoms with Crippen molar-refractivity contribution in [3.8, 4) is 5.75 Å². The molecule has 1 atom stereocenters. The molecule has 8 heteroatoms. The lowest BCUT2D eigenvalue weighted by Crippen LogP contribution is -2.49. The summed E-state index contributed by atoms with van der Waals surface area (Å²) in [7, 11) is 1.49. The van der Waals surface area contributed by atoms with E-state index in [0.29, 0.717) is 22.0 Å². The standard InChI is InChI=1S/C20H21Cl2FN2O3/c1-3-17(20(27)24-2)25(11-13-14(21)7-6-8-15(13)22)19(26)12-28-18-10-5-4-9-16(18)23/h4-10,17H,3,11-12H2,1-2H3,(H,24,27)/t17-/m0/s1. The maximum atomic E-state index is 13.8. The molecular weight excluding hydrogens is 406 g/mol. The molecule has 0 aliphatic carbocycles. The number of ether oxygens (including phenoxy) is 1. The Morgan fingerprint density at radius 3 is 2.36 bits per heavy atom. The molecule has 0 unspecified atom stereocenters. The lowest BCUT2D eigenvalue weighted by molar-refractivity contribution is -0.142. The number of benzene rings is 2. The van der Waals surface area contributed by atoms with Crippen LogP contribution in [0.2, 0.25) is 10.0 Å². The summed E-state index contributed by atoms with van der Waals surface area (Å²) < 4.78 is 19.1. The highest BCUT2D eigenvalue weighted by Gasteiger charge is 2.29. The van der Waals surface area contributed by atoms with Crippen molar-refractivity contribution in [3.63, 3.8) is 0 Å². The number of likely N-dealkylation sites (N-methyl/N-ethyl adjacent to an activating group) is 1. The normalized spacial score (nSPS) is 11.6. The summed E-state index contributed by atoms with van der Waals surface area (Å²) in [5.41, 5.74) is 0.521. The van der Waals surface area contributed by atoms with Crippen LogP contribution in [0.1, 0.15) is 18.9 Å². The van der Waals surface area contributed by atoms with Crippen LogP contribution in [0.25, 0.3) is 0 Å². The maximum absolute atomic E-state index is 13.8. The molecule has 28 heavy (non-hydrogen) atoms. The van der Waals surface area contributed by atoms with Gasteiger partial charge in [-0.1, -0.05) is 48.3 Å². The minimum Gasteiger partial charge on any atom is -0.481 e. The molecule has 0 fully saturated rings. The number of carbonyl (C=O) groups excluding carboxylic acids is 2. The second-order valence-electron chi connectivity index (χ2n) is 5.98. The predicted molar refractivity (Wildman–Crippen MR) is 107 cm³/mol. The largest absolute Gasteiger partial charge is 0.481 e. The van der Waals surface area contributed by atoms with Crippen molar-refractivity contribution in [1.29, 1.82) is 0 Å². The van der Waals surface area contributed by atoms with Gasteiger partial charge in [-0.2, -0.15) is 0 Å². The molecule has 0 heterocycles. The molecule has 0 saturated carbocycles. The predicted octanol–water partition coefficient (Wildman–Crippen LogP) is 4.06. The van der Waals surface area contributed by atoms with Crippen LogP contribution in [-0.4, -0.2) is 36.4 Å². The summed E-state index contributed by atoms with van der Waals surface area (Å²) in [5.74, 6) is -1.44. The number of rotatable bonds is 8. The van der Waals surface area contributed by atoms with Crippen LogP contribution in [0.15, 0.2) is 42.5 Å². The van der Waals surface area contributed by atoms with Gasteiger partial charge in [0.2, 0.25) is 5.91 Å². The van der Waals surface area contributed by atoms with E-state index in [0.717, 1.165) is 0 Å². The van der Waals surface area contributed by atoms with Crippen molar-refractivity contribution in [2.75, 3.05) is 13.7 Å². The third kappa shape index (κ3) is 5.36. The summed E-state index contributed by atoms with van der Waals surface area (Å²) in [4.78, 5) is 26.5. The first-order chi connectivity index (χ1) is 13.4. The van der Waals surface area contributed by atoms with E-state index in [9.17, 15) is 14.0 Å². The Morgan fingerprint density at radius 2 is 1.79 bits per heavy atom. The monoisotopic (exact) mass is 426 g/mol. The van der Waals surface area contributed by atoms with Gasteiger partial charge in [-0.05, 0) is 30.7 Å². The van der Waals surface area contributed by atoms with Gasteiger partial charge in [0.25, 0.3) is 5.91 Å². The first-order valence-electron chi connectivity index (χ1n) is 8.70. The SMILES string of the molecule is CC[C@@H](C(=O)NC)N(Cc1c(Cl)cccc1Cl)C(=O)COc1ccccc1F. The zero-order chi connectivity index (χ0) is 20.7. The first kappa shape index (κ1) is 22.0. The van der Waals surface area contributed by atoms with Gasteiger partial charge in [0.15, 0.2) is 18.2 Å². The van der Waals surface area contributed by atoms with Gasteiger partial charge in [-0.15, -0.1) is 0 Å². The molecule has 2 rings (SSSR count). The number of halogens is 3. The zero-order valence-corrected chi connectivity index (χ0v) is 17.1. The van der Waals surface area contributed by atoms with E-state index in [1.165, 1.54) is 30.1 Å². The van der Waals surface area contributed by atoms with Crippen molar-refractivity contribution < 1.29 is 18.7 Å². The second-order valence-corrected chi connectivity index (χ2v) is 6.79. The molecular formula is C20H21Cl2FN2O3. The lowest BCUT2D eigenvalue weighted by Gasteiger charge is -2.30. The van der Waals surface area contributed by atoms with E-state index in [4.69, 9.17) is 27.9 Å². The Kier molecular flexibility index (Phi) is 8.08. The minimum atomic E-state index is -0.756. The zero-order valence-electron chi connectivity index (χ0n) is 15.5. The molecule has 2 aromatic carbocycles. The van der Waals surface area contributed by atoms with Crippen LogP contribution < -0.4 is 10.1 Å². The summed E-state index contributed by atoms with van der Waals surface area (Å²) in [6.07, 6.45) is 0.368. The number of hydrogen-bond donors (Lipinski definition) is 1. The minimum absolute atomic E-state index is 0.0178. The molecule has 150 valence electrons. The third-order valence-electron chi connectivity index (χ3n) is 4.21. The topological polar surface area (TPSA) is 58.6 Å². The van der Waals surface area contributed by atoms with E-state index >= 15 is 0 Å². The summed E-state index contributed by atoms with van der Waals surface area (Å²) in [5, 5.41) is 3.31. The highest BCUT2D eigenvalue weighted by atomic mass is 35.5. The fourth-order valence-corrected chi connectivity index (χ4v) is 3.24. The number of nitrogens with one attached hydrogen (secondary N) is 1. The number of nitrogens with zero attached hydrogens (tertiary/aromatic N) is 1. The van der Waals surface area contributed by atoms with E-state index < -0.39 is 24.4 Å². The summed E-state index contributed by atoms with van der Waals surface area (Å²) in [6, 6.07) is 10.0. The molecule has 2 aromatic rings. The number of amides is 2. The molecule has 0 bridgehead atoms. The average molecular weight is 427 g/mol. The molecule has 0 saturated heterocycles. The smallest absolute Gasteiger partial charge is 0.261 e. The first-order valence-corrected chi connectivity index (χ1v) is 9.45. The molecule has 2 amide bonds. The molecule has 5 nitrogen and oxygen atoms in total. The number of hydrogen-bond acceptors (Lipinski definition) is 3. The van der Waals surface area contributed by atoms with Gasteiger partial charge in [0, 0.05) is 29.2 Å². The van der Waals surface area contributed by atoms with E-state index in [1.807, 2.05) is 0 Å². The van der Waals surface area contributed by atoms with E-state index in [-0.39, 0.29) is 18.2 Å². The quantitative estimate of drug-likeness (QED) is 0.691. The number of carbonyl (C=O) groups is 2. The number of para-hydroxylation sites is 1. The fourth-order valence-electron chi connectivity index (χ4n) is 2.72. The highest BCUT2D eigenvalue weighted by molar-refractivity contribution is 6.36. The Bertz CT molecular complexity index is 828. The molecule has 0 spiro atoms. The van der Waals surface area contributed by atoms with Crippen molar-refractivity contribution in [2.45, 2.75) is 25.9 Å². The Morgan fingerprint density at radius 1 is 1.14 bits per heavy atom. The van der Waals surface area contributed by atoms with E-state index in [2.05, 4.69) is 5.32 Å². The third-order valence-corrected chi connectivity index (χ3v) is 4.92. The molecule has 0 aliphatic rings. The van der Waals surface area contributed by atoms with Gasteiger partial charge in [-0.25, -0.2) is 4.39 Å². The van der Waals surface area contributed by atoms with Crippen LogP contribution in [0, 0.1) is 5.82 Å². The Labute approximate surface area is 173 Å². The maximum Gasteiger partial charge on any atom is 0.261 e. The van der Waals surface area contributed by atoms with Crippen molar-refractivity contribution in [3.05, 3.63) is 63.9 Å². The second kappa shape index (κ2) is 10.3. The Balaban J connectivity index is 2.27. The van der Waals surface area contributed by atoms with Crippen LogP contribution >= 0.6 is 23.2 Å². The van der Waals surface area contributed by atoms with Crippen molar-refractivity contribution in [2.24, 2.45) is 0 Å². The Hall–Kier alpha value is -2.31. The van der Waals surface area contributed by atoms with Crippen molar-refractivity contribution >= 4 is 35.0 Å². The summed E-state index contributed by atoms with van der Waals surface area (Å²) in [6.45, 7) is 1.37. The average Bonchev–Trinajstić information content (AvgIpc) is 2.68. The molecule has 0 aromatic heterocycles. The molecule has 0 radical (unpaired) electrons. The summed E-state index contributed by atoms with van der Waals surface area (Å²) >= 11 is 12.5. The van der Waals surface area contributed by atoms with Gasteiger partial charge in [0.05, 0.1) is 0 Å². The van der Waals surface area contributed by atoms with Crippen LogP contribution in [-0.2, 0) is 16.1 Å². The van der Waals surface area contributed by atoms with Gasteiger partial charge >= 0.3 is 0 Å². The molecule has 0 aliphatic heterocycles. The van der Waals surface area contributed by atoms with Gasteiger partial charge in [-0.3, -0.25) is 9.59 Å². The lowest BCUT2D eigenvalue weighted by atomic mass is 10.1.